The highest BCUT2D eigenvalue weighted by Crippen LogP contribution is 2.25. The van der Waals surface area contributed by atoms with Crippen LogP contribution in [0.25, 0.3) is 11.3 Å². The highest BCUT2D eigenvalue weighted by Gasteiger charge is 2.45. The molecule has 1 amide bonds. The predicted octanol–water partition coefficient (Wildman–Crippen LogP) is 3.53. The fraction of sp³-hybridized carbons (Fsp3) is 0.240. The molecule has 0 saturated carbocycles. The first kappa shape index (κ1) is 29.2. The van der Waals surface area contributed by atoms with Crippen LogP contribution < -0.4 is 10.9 Å². The number of hydrogen-bond acceptors (Lipinski definition) is 7. The number of ketones is 1. The number of aromatic nitrogens is 1. The minimum Gasteiger partial charge on any atom is -0.344 e. The number of pyridine rings is 1. The van der Waals surface area contributed by atoms with Crippen molar-refractivity contribution in [1.29, 1.82) is 0 Å². The van der Waals surface area contributed by atoms with Crippen LogP contribution in [0, 0.1) is 16.0 Å². The van der Waals surface area contributed by atoms with E-state index in [0.29, 0.717) is 5.56 Å². The number of alkyl halides is 3. The van der Waals surface area contributed by atoms with Gasteiger partial charge in [-0.3, -0.25) is 29.1 Å². The predicted molar refractivity (Wildman–Crippen MR) is 133 cm³/mol. The Balaban J connectivity index is 2.09. The third-order valence-corrected chi connectivity index (χ3v) is 7.49. The van der Waals surface area contributed by atoms with Gasteiger partial charge in [-0.25, -0.2) is 8.42 Å². The van der Waals surface area contributed by atoms with Gasteiger partial charge in [0.05, 0.1) is 21.6 Å². The Morgan fingerprint density at radius 2 is 1.59 bits per heavy atom. The van der Waals surface area contributed by atoms with Crippen molar-refractivity contribution in [3.8, 4) is 11.3 Å². The lowest BCUT2D eigenvalue weighted by atomic mass is 9.99. The summed E-state index contributed by atoms with van der Waals surface area (Å²) in [5, 5.41) is 12.9. The van der Waals surface area contributed by atoms with Gasteiger partial charge in [-0.2, -0.15) is 13.2 Å². The summed E-state index contributed by atoms with van der Waals surface area (Å²) in [6, 6.07) is 12.2. The van der Waals surface area contributed by atoms with E-state index in [2.05, 4.69) is 0 Å². The number of nitrogens with zero attached hydrogens (tertiary/aromatic N) is 2. The van der Waals surface area contributed by atoms with Gasteiger partial charge in [-0.05, 0) is 35.7 Å². The Morgan fingerprint density at radius 3 is 2.10 bits per heavy atom. The number of nitro benzene ring substituents is 1. The Morgan fingerprint density at radius 1 is 1.00 bits per heavy atom. The average molecular weight is 566 g/mol. The van der Waals surface area contributed by atoms with E-state index in [1.54, 1.807) is 30.3 Å². The van der Waals surface area contributed by atoms with Gasteiger partial charge >= 0.3 is 6.18 Å². The fourth-order valence-corrected chi connectivity index (χ4v) is 5.06. The highest BCUT2D eigenvalue weighted by atomic mass is 32.2. The number of sulfone groups is 1. The van der Waals surface area contributed by atoms with Gasteiger partial charge in [0.15, 0.2) is 0 Å². The number of rotatable bonds is 9. The molecule has 206 valence electrons. The van der Waals surface area contributed by atoms with Crippen LogP contribution in [0.4, 0.5) is 18.9 Å². The number of amides is 1. The molecule has 1 aromatic heterocycles. The molecule has 2 aromatic carbocycles. The summed E-state index contributed by atoms with van der Waals surface area (Å²) in [5.74, 6) is -4.24. The van der Waals surface area contributed by atoms with Gasteiger partial charge in [0.1, 0.15) is 11.4 Å². The number of hydrogen-bond donors (Lipinski definition) is 1. The number of carbonyl (C=O) groups excluding carboxylic acids is 2. The second-order valence-corrected chi connectivity index (χ2v) is 10.7. The highest BCUT2D eigenvalue weighted by molar-refractivity contribution is 7.91. The summed E-state index contributed by atoms with van der Waals surface area (Å²) in [6.45, 7) is 1.70. The van der Waals surface area contributed by atoms with Crippen molar-refractivity contribution in [2.45, 2.75) is 42.4 Å². The van der Waals surface area contributed by atoms with Crippen molar-refractivity contribution in [3.05, 3.63) is 87.2 Å². The standard InChI is InChI=1S/C25H22F3N3O7S/c1-15(2)22(23(33)25(26,27)28)29-21(32)14-30-19(16-6-4-3-5-7-16)12-13-20(24(30)34)39(37,38)18-10-8-17(9-11-18)31(35)36/h3-13,15,22H,14H2,1-2H3,(H,29,32). The number of nitro groups is 1. The zero-order valence-electron chi connectivity index (χ0n) is 20.5. The van der Waals surface area contributed by atoms with Crippen LogP contribution in [0.3, 0.4) is 0 Å². The van der Waals surface area contributed by atoms with Crippen molar-refractivity contribution in [2.75, 3.05) is 0 Å². The molecule has 1 atom stereocenters. The summed E-state index contributed by atoms with van der Waals surface area (Å²) in [7, 11) is -4.53. The molecule has 0 saturated heterocycles. The number of Topliss-reactive ketones (excluding diaryl/α,β-unsaturated/α-hetero) is 1. The van der Waals surface area contributed by atoms with E-state index >= 15 is 0 Å². The number of nitrogens with one attached hydrogen (secondary N) is 1. The van der Waals surface area contributed by atoms with Gasteiger partial charge in [0.25, 0.3) is 17.0 Å². The zero-order valence-corrected chi connectivity index (χ0v) is 21.3. The first-order valence-corrected chi connectivity index (χ1v) is 12.8. The summed E-state index contributed by atoms with van der Waals surface area (Å²) in [5.41, 5.74) is -1.06. The topological polar surface area (TPSA) is 145 Å². The Labute approximate surface area is 220 Å². The maximum Gasteiger partial charge on any atom is 0.452 e. The fourth-order valence-electron chi connectivity index (χ4n) is 3.73. The number of benzene rings is 2. The SMILES string of the molecule is CC(C)C(NC(=O)Cn1c(-c2ccccc2)ccc(S(=O)(=O)c2ccc([N+](=O)[O-])cc2)c1=O)C(=O)C(F)(F)F. The van der Waals surface area contributed by atoms with Crippen LogP contribution in [-0.4, -0.2) is 41.8 Å². The molecule has 39 heavy (non-hydrogen) atoms. The molecule has 3 aromatic rings. The van der Waals surface area contributed by atoms with Gasteiger partial charge in [0, 0.05) is 12.1 Å². The average Bonchev–Trinajstić information content (AvgIpc) is 2.87. The molecule has 0 fully saturated rings. The largest absolute Gasteiger partial charge is 0.452 e. The van der Waals surface area contributed by atoms with E-state index in [1.807, 2.05) is 5.32 Å². The molecule has 1 unspecified atom stereocenters. The number of carbonyl (C=O) groups is 2. The maximum atomic E-state index is 13.5. The van der Waals surface area contributed by atoms with Gasteiger partial charge in [-0.1, -0.05) is 44.2 Å². The molecule has 0 aliphatic heterocycles. The lowest BCUT2D eigenvalue weighted by Crippen LogP contribution is -2.51. The van der Waals surface area contributed by atoms with Crippen molar-refractivity contribution in [2.24, 2.45) is 5.92 Å². The summed E-state index contributed by atoms with van der Waals surface area (Å²) < 4.78 is 66.4. The molecular weight excluding hydrogens is 543 g/mol. The molecule has 14 heteroatoms. The third kappa shape index (κ3) is 6.39. The molecule has 0 spiro atoms. The van der Waals surface area contributed by atoms with E-state index in [9.17, 15) is 46.1 Å². The van der Waals surface area contributed by atoms with Gasteiger partial charge in [0.2, 0.25) is 15.7 Å². The van der Waals surface area contributed by atoms with E-state index in [1.165, 1.54) is 19.9 Å². The summed E-state index contributed by atoms with van der Waals surface area (Å²) >= 11 is 0. The van der Waals surface area contributed by atoms with Crippen LogP contribution in [-0.2, 0) is 26.0 Å². The summed E-state index contributed by atoms with van der Waals surface area (Å²) in [4.78, 5) is 47.1. The molecule has 1 heterocycles. The minimum absolute atomic E-state index is 0.0849. The first-order valence-electron chi connectivity index (χ1n) is 11.3. The third-order valence-electron chi connectivity index (χ3n) is 5.70. The van der Waals surface area contributed by atoms with Crippen LogP contribution in [0.1, 0.15) is 13.8 Å². The molecule has 10 nitrogen and oxygen atoms in total. The molecular formula is C25H22F3N3O7S. The molecule has 0 bridgehead atoms. The second-order valence-electron chi connectivity index (χ2n) is 8.75. The Bertz CT molecular complexity index is 1570. The minimum atomic E-state index is -5.22. The smallest absolute Gasteiger partial charge is 0.344 e. The van der Waals surface area contributed by atoms with Crippen LogP contribution in [0.15, 0.2) is 81.3 Å². The summed E-state index contributed by atoms with van der Waals surface area (Å²) in [6.07, 6.45) is -5.22. The van der Waals surface area contributed by atoms with E-state index in [0.717, 1.165) is 34.9 Å². The number of non-ortho nitro benzene ring substituents is 1. The zero-order chi connectivity index (χ0) is 29.1. The Hall–Kier alpha value is -4.33. The first-order chi connectivity index (χ1) is 18.1. The van der Waals surface area contributed by atoms with Gasteiger partial charge < -0.3 is 5.32 Å². The maximum absolute atomic E-state index is 13.5. The van der Waals surface area contributed by atoms with Gasteiger partial charge in [-0.15, -0.1) is 0 Å². The van der Waals surface area contributed by atoms with Crippen molar-refractivity contribution in [3.63, 3.8) is 0 Å². The van der Waals surface area contributed by atoms with E-state index in [4.69, 9.17) is 0 Å². The van der Waals surface area contributed by atoms with Crippen molar-refractivity contribution in [1.82, 2.24) is 9.88 Å². The van der Waals surface area contributed by atoms with Crippen LogP contribution >= 0.6 is 0 Å². The van der Waals surface area contributed by atoms with Crippen LogP contribution in [0.2, 0.25) is 0 Å². The van der Waals surface area contributed by atoms with E-state index < -0.39 is 66.5 Å². The van der Waals surface area contributed by atoms with Crippen molar-refractivity contribution < 1.29 is 36.1 Å². The monoisotopic (exact) mass is 565 g/mol. The second kappa shape index (κ2) is 11.2. The normalized spacial score (nSPS) is 12.7. The molecule has 0 aliphatic carbocycles. The molecule has 3 rings (SSSR count). The quantitative estimate of drug-likeness (QED) is 0.309. The van der Waals surface area contributed by atoms with Crippen LogP contribution in [0.5, 0.6) is 0 Å². The molecule has 1 N–H and O–H groups in total. The van der Waals surface area contributed by atoms with Crippen molar-refractivity contribution >= 4 is 27.2 Å². The lowest BCUT2D eigenvalue weighted by Gasteiger charge is -2.23. The lowest BCUT2D eigenvalue weighted by molar-refractivity contribution is -0.384. The molecule has 0 radical (unpaired) electrons. The molecule has 0 aliphatic rings. The van der Waals surface area contributed by atoms with E-state index in [-0.39, 0.29) is 11.4 Å². The number of halogens is 3. The Kier molecular flexibility index (Phi) is 8.39.